The largest absolute Gasteiger partial charge is 0.355 e. The summed E-state index contributed by atoms with van der Waals surface area (Å²) in [6.07, 6.45) is 3.68. The number of hydrogen-bond acceptors (Lipinski definition) is 4. The van der Waals surface area contributed by atoms with E-state index in [0.29, 0.717) is 13.1 Å². The zero-order chi connectivity index (χ0) is 13.3. The third kappa shape index (κ3) is 5.36. The van der Waals surface area contributed by atoms with Crippen LogP contribution >= 0.6 is 0 Å². The zero-order valence-electron chi connectivity index (χ0n) is 11.3. The van der Waals surface area contributed by atoms with E-state index in [0.717, 1.165) is 44.7 Å². The molecule has 19 heavy (non-hydrogen) atoms. The molecule has 5 nitrogen and oxygen atoms in total. The number of carbonyl (C=O) groups is 1. The molecule has 1 saturated heterocycles. The molecule has 2 N–H and O–H groups in total. The number of rotatable bonds is 5. The molecule has 1 amide bonds. The molecule has 1 aliphatic rings. The number of carbonyl (C=O) groups excluding carboxylic acids is 1. The van der Waals surface area contributed by atoms with Gasteiger partial charge in [-0.15, -0.1) is 0 Å². The van der Waals surface area contributed by atoms with Crippen molar-refractivity contribution in [2.45, 2.75) is 12.8 Å². The minimum absolute atomic E-state index is 0.109. The average molecular weight is 262 g/mol. The summed E-state index contributed by atoms with van der Waals surface area (Å²) in [5.74, 6) is 0.109. The molecule has 5 heteroatoms. The molecule has 104 valence electrons. The summed E-state index contributed by atoms with van der Waals surface area (Å²) in [7, 11) is 0. The second kappa shape index (κ2) is 7.86. The Labute approximate surface area is 114 Å². The Bertz CT molecular complexity index is 374. The van der Waals surface area contributed by atoms with Crippen LogP contribution in [0.1, 0.15) is 12.1 Å². The van der Waals surface area contributed by atoms with Gasteiger partial charge in [0.15, 0.2) is 0 Å². The first-order chi connectivity index (χ1) is 9.34. The van der Waals surface area contributed by atoms with Gasteiger partial charge in [0.25, 0.3) is 0 Å². The number of hydrogen-bond donors (Lipinski definition) is 2. The molecule has 0 radical (unpaired) electrons. The lowest BCUT2D eigenvalue weighted by atomic mass is 10.3. The minimum atomic E-state index is 0.109. The molecule has 0 aromatic carbocycles. The highest BCUT2D eigenvalue weighted by molar-refractivity contribution is 5.78. The van der Waals surface area contributed by atoms with Crippen LogP contribution in [0.5, 0.6) is 0 Å². The van der Waals surface area contributed by atoms with Crippen LogP contribution in [-0.4, -0.2) is 55.1 Å². The molecule has 1 aliphatic heterocycles. The maximum Gasteiger partial charge on any atom is 0.234 e. The third-order valence-electron chi connectivity index (χ3n) is 3.23. The smallest absolute Gasteiger partial charge is 0.234 e. The first-order valence-corrected chi connectivity index (χ1v) is 6.94. The molecule has 0 atom stereocenters. The lowest BCUT2D eigenvalue weighted by Crippen LogP contribution is -2.39. The quantitative estimate of drug-likeness (QED) is 0.786. The first kappa shape index (κ1) is 14.0. The summed E-state index contributed by atoms with van der Waals surface area (Å²) in [6, 6.07) is 5.84. The number of nitrogens with zero attached hydrogens (tertiary/aromatic N) is 2. The first-order valence-electron chi connectivity index (χ1n) is 6.94. The van der Waals surface area contributed by atoms with E-state index in [1.54, 1.807) is 6.20 Å². The van der Waals surface area contributed by atoms with E-state index in [9.17, 15) is 4.79 Å². The second-order valence-electron chi connectivity index (χ2n) is 4.80. The Morgan fingerprint density at radius 2 is 2.32 bits per heavy atom. The molecule has 0 spiro atoms. The summed E-state index contributed by atoms with van der Waals surface area (Å²) < 4.78 is 0. The lowest BCUT2D eigenvalue weighted by molar-refractivity contribution is -0.122. The van der Waals surface area contributed by atoms with Gasteiger partial charge in [-0.2, -0.15) is 0 Å². The number of nitrogens with one attached hydrogen (secondary N) is 2. The van der Waals surface area contributed by atoms with Crippen molar-refractivity contribution in [1.82, 2.24) is 20.5 Å². The zero-order valence-corrected chi connectivity index (χ0v) is 11.3. The van der Waals surface area contributed by atoms with E-state index >= 15 is 0 Å². The van der Waals surface area contributed by atoms with Crippen LogP contribution in [0.25, 0.3) is 0 Å². The van der Waals surface area contributed by atoms with Crippen LogP contribution in [0.2, 0.25) is 0 Å². The fourth-order valence-corrected chi connectivity index (χ4v) is 2.19. The number of aromatic nitrogens is 1. The molecule has 0 unspecified atom stereocenters. The predicted molar refractivity (Wildman–Crippen MR) is 74.9 cm³/mol. The Morgan fingerprint density at radius 3 is 3.16 bits per heavy atom. The van der Waals surface area contributed by atoms with Crippen LogP contribution in [0.4, 0.5) is 0 Å². The summed E-state index contributed by atoms with van der Waals surface area (Å²) >= 11 is 0. The van der Waals surface area contributed by atoms with Gasteiger partial charge in [0.1, 0.15) is 0 Å². The van der Waals surface area contributed by atoms with Gasteiger partial charge in [0, 0.05) is 37.9 Å². The Balaban J connectivity index is 1.64. The van der Waals surface area contributed by atoms with E-state index in [4.69, 9.17) is 0 Å². The van der Waals surface area contributed by atoms with Gasteiger partial charge in [-0.3, -0.25) is 14.7 Å². The van der Waals surface area contributed by atoms with Crippen molar-refractivity contribution in [2.24, 2.45) is 0 Å². The maximum atomic E-state index is 11.8. The summed E-state index contributed by atoms with van der Waals surface area (Å²) in [5.41, 5.74) is 1.02. The van der Waals surface area contributed by atoms with Crippen LogP contribution < -0.4 is 10.6 Å². The monoisotopic (exact) mass is 262 g/mol. The molecular weight excluding hydrogens is 240 g/mol. The van der Waals surface area contributed by atoms with Crippen molar-refractivity contribution in [3.05, 3.63) is 30.1 Å². The molecule has 2 heterocycles. The molecule has 1 fully saturated rings. The van der Waals surface area contributed by atoms with Crippen LogP contribution in [0, 0.1) is 0 Å². The van der Waals surface area contributed by atoms with Gasteiger partial charge in [-0.25, -0.2) is 0 Å². The highest BCUT2D eigenvalue weighted by Gasteiger charge is 2.12. The Kier molecular flexibility index (Phi) is 5.78. The average Bonchev–Trinajstić information content (AvgIpc) is 2.68. The molecule has 1 aromatic rings. The molecule has 1 aromatic heterocycles. The molecular formula is C14H22N4O. The highest BCUT2D eigenvalue weighted by atomic mass is 16.2. The van der Waals surface area contributed by atoms with Crippen molar-refractivity contribution in [3.63, 3.8) is 0 Å². The maximum absolute atomic E-state index is 11.8. The summed E-state index contributed by atoms with van der Waals surface area (Å²) in [6.45, 7) is 5.14. The highest BCUT2D eigenvalue weighted by Crippen LogP contribution is 1.95. The fourth-order valence-electron chi connectivity index (χ4n) is 2.19. The standard InChI is InChI=1S/C14H22N4O/c19-14(12-18-10-3-6-15-9-11-18)17-8-5-13-4-1-2-7-16-13/h1-2,4,7,15H,3,5-6,8-12H2,(H,17,19). The van der Waals surface area contributed by atoms with Crippen LogP contribution in [0.15, 0.2) is 24.4 Å². The van der Waals surface area contributed by atoms with E-state index in [2.05, 4.69) is 20.5 Å². The van der Waals surface area contributed by atoms with Crippen LogP contribution in [-0.2, 0) is 11.2 Å². The van der Waals surface area contributed by atoms with E-state index in [1.807, 2.05) is 18.2 Å². The number of pyridine rings is 1. The van der Waals surface area contributed by atoms with E-state index in [1.165, 1.54) is 0 Å². The van der Waals surface area contributed by atoms with Gasteiger partial charge in [0.05, 0.1) is 6.54 Å². The predicted octanol–water partition coefficient (Wildman–Crippen LogP) is 0.0356. The Morgan fingerprint density at radius 1 is 1.37 bits per heavy atom. The molecule has 0 saturated carbocycles. The van der Waals surface area contributed by atoms with Gasteiger partial charge < -0.3 is 10.6 Å². The minimum Gasteiger partial charge on any atom is -0.355 e. The molecule has 0 bridgehead atoms. The molecule has 0 aliphatic carbocycles. The van der Waals surface area contributed by atoms with Crippen molar-refractivity contribution in [1.29, 1.82) is 0 Å². The summed E-state index contributed by atoms with van der Waals surface area (Å²) in [5, 5.41) is 6.29. The lowest BCUT2D eigenvalue weighted by Gasteiger charge is -2.18. The van der Waals surface area contributed by atoms with E-state index in [-0.39, 0.29) is 5.91 Å². The molecule has 2 rings (SSSR count). The van der Waals surface area contributed by atoms with Crippen molar-refractivity contribution < 1.29 is 4.79 Å². The van der Waals surface area contributed by atoms with Gasteiger partial charge >= 0.3 is 0 Å². The van der Waals surface area contributed by atoms with Gasteiger partial charge in [0.2, 0.25) is 5.91 Å². The van der Waals surface area contributed by atoms with Crippen molar-refractivity contribution in [2.75, 3.05) is 39.3 Å². The third-order valence-corrected chi connectivity index (χ3v) is 3.23. The topological polar surface area (TPSA) is 57.3 Å². The Hall–Kier alpha value is -1.46. The van der Waals surface area contributed by atoms with Gasteiger partial charge in [-0.05, 0) is 31.6 Å². The fraction of sp³-hybridized carbons (Fsp3) is 0.571. The summed E-state index contributed by atoms with van der Waals surface area (Å²) in [4.78, 5) is 18.3. The van der Waals surface area contributed by atoms with Crippen LogP contribution in [0.3, 0.4) is 0 Å². The van der Waals surface area contributed by atoms with Gasteiger partial charge in [-0.1, -0.05) is 6.07 Å². The number of amides is 1. The van der Waals surface area contributed by atoms with Crippen molar-refractivity contribution in [3.8, 4) is 0 Å². The second-order valence-corrected chi connectivity index (χ2v) is 4.80. The van der Waals surface area contributed by atoms with Crippen molar-refractivity contribution >= 4 is 5.91 Å². The normalized spacial score (nSPS) is 16.8. The SMILES string of the molecule is O=C(CN1CCCNCC1)NCCc1ccccn1. The van der Waals surface area contributed by atoms with E-state index < -0.39 is 0 Å².